The van der Waals surface area contributed by atoms with Crippen LogP contribution in [-0.2, 0) is 11.8 Å². The number of nitrogens with one attached hydrogen (secondary N) is 1. The molecule has 1 aromatic heterocycles. The van der Waals surface area contributed by atoms with Gasteiger partial charge in [-0.3, -0.25) is 9.48 Å². The Balaban J connectivity index is 2.97. The lowest BCUT2D eigenvalue weighted by Gasteiger charge is -1.99. The highest BCUT2D eigenvalue weighted by molar-refractivity contribution is 5.97. The van der Waals surface area contributed by atoms with Gasteiger partial charge in [-0.15, -0.1) is 0 Å². The van der Waals surface area contributed by atoms with Crippen LogP contribution in [0.25, 0.3) is 6.08 Å². The van der Waals surface area contributed by atoms with Crippen LogP contribution in [0.15, 0.2) is 11.8 Å². The summed E-state index contributed by atoms with van der Waals surface area (Å²) < 4.78 is 1.78. The van der Waals surface area contributed by atoms with Crippen molar-refractivity contribution in [2.75, 3.05) is 7.05 Å². The van der Waals surface area contributed by atoms with Gasteiger partial charge in [0.25, 0.3) is 0 Å². The van der Waals surface area contributed by atoms with Gasteiger partial charge in [0.2, 0.25) is 5.91 Å². The number of hydrogen-bond acceptors (Lipinski definition) is 2. The van der Waals surface area contributed by atoms with E-state index in [-0.39, 0.29) is 5.91 Å². The molecule has 0 saturated heterocycles. The van der Waals surface area contributed by atoms with E-state index in [2.05, 4.69) is 10.4 Å². The van der Waals surface area contributed by atoms with E-state index >= 15 is 0 Å². The van der Waals surface area contributed by atoms with Crippen LogP contribution in [0.4, 0.5) is 0 Å². The van der Waals surface area contributed by atoms with Crippen molar-refractivity contribution in [3.63, 3.8) is 0 Å². The molecule has 0 spiro atoms. The summed E-state index contributed by atoms with van der Waals surface area (Å²) in [6.45, 7) is 3.75. The summed E-state index contributed by atoms with van der Waals surface area (Å²) in [6.07, 6.45) is 3.59. The van der Waals surface area contributed by atoms with Gasteiger partial charge in [0.1, 0.15) is 0 Å². The van der Waals surface area contributed by atoms with Crippen molar-refractivity contribution in [2.24, 2.45) is 7.05 Å². The van der Waals surface area contributed by atoms with Gasteiger partial charge in [-0.1, -0.05) is 0 Å². The summed E-state index contributed by atoms with van der Waals surface area (Å²) >= 11 is 0. The second-order valence-electron chi connectivity index (χ2n) is 3.22. The Morgan fingerprint density at radius 1 is 1.64 bits per heavy atom. The lowest BCUT2D eigenvalue weighted by molar-refractivity contribution is -0.116. The Bertz CT molecular complexity index is 377. The highest BCUT2D eigenvalue weighted by Crippen LogP contribution is 2.10. The standard InChI is InChI=1S/C10H15N3O/c1-7(10(14)11-3)5-9-6-12-13(4)8(9)2/h5-6H,1-4H3,(H,11,14). The van der Waals surface area contributed by atoms with Gasteiger partial charge >= 0.3 is 0 Å². The fraction of sp³-hybridized carbons (Fsp3) is 0.400. The SMILES string of the molecule is CNC(=O)C(C)=Cc1cnn(C)c1C. The number of likely N-dealkylation sites (N-methyl/N-ethyl adjacent to an activating group) is 1. The second kappa shape index (κ2) is 4.09. The summed E-state index contributed by atoms with van der Waals surface area (Å²) in [4.78, 5) is 11.2. The molecule has 4 heteroatoms. The van der Waals surface area contributed by atoms with Crippen LogP contribution in [0, 0.1) is 6.92 Å². The third-order valence-electron chi connectivity index (χ3n) is 2.23. The maximum absolute atomic E-state index is 11.2. The van der Waals surface area contributed by atoms with Crippen LogP contribution in [0.3, 0.4) is 0 Å². The lowest BCUT2D eigenvalue weighted by Crippen LogP contribution is -2.18. The van der Waals surface area contributed by atoms with Crippen molar-refractivity contribution in [1.82, 2.24) is 15.1 Å². The molecule has 0 saturated carbocycles. The maximum atomic E-state index is 11.2. The molecule has 0 aromatic carbocycles. The van der Waals surface area contributed by atoms with Gasteiger partial charge in [-0.05, 0) is 19.9 Å². The average Bonchev–Trinajstić information content (AvgIpc) is 2.48. The number of aryl methyl sites for hydroxylation is 1. The van der Waals surface area contributed by atoms with E-state index in [0.717, 1.165) is 11.3 Å². The minimum Gasteiger partial charge on any atom is -0.355 e. The van der Waals surface area contributed by atoms with Gasteiger partial charge in [-0.2, -0.15) is 5.10 Å². The second-order valence-corrected chi connectivity index (χ2v) is 3.22. The molecule has 1 N–H and O–H groups in total. The topological polar surface area (TPSA) is 46.9 Å². The zero-order valence-electron chi connectivity index (χ0n) is 8.96. The Hall–Kier alpha value is -1.58. The minimum atomic E-state index is -0.0618. The molecule has 0 unspecified atom stereocenters. The quantitative estimate of drug-likeness (QED) is 0.709. The first-order chi connectivity index (χ1) is 6.56. The molecule has 0 aliphatic rings. The van der Waals surface area contributed by atoms with Crippen LogP contribution in [0.2, 0.25) is 0 Å². The number of carbonyl (C=O) groups is 1. The molecule has 76 valence electrons. The number of aromatic nitrogens is 2. The molecule has 1 heterocycles. The van der Waals surface area contributed by atoms with Crippen molar-refractivity contribution in [1.29, 1.82) is 0 Å². The largest absolute Gasteiger partial charge is 0.355 e. The van der Waals surface area contributed by atoms with Gasteiger partial charge in [0.15, 0.2) is 0 Å². The van der Waals surface area contributed by atoms with Crippen LogP contribution >= 0.6 is 0 Å². The molecule has 4 nitrogen and oxygen atoms in total. The number of rotatable bonds is 2. The number of carbonyl (C=O) groups excluding carboxylic acids is 1. The summed E-state index contributed by atoms with van der Waals surface area (Å²) in [5.41, 5.74) is 2.71. The molecule has 0 radical (unpaired) electrons. The molecule has 1 aromatic rings. The zero-order valence-corrected chi connectivity index (χ0v) is 8.96. The Morgan fingerprint density at radius 3 is 2.71 bits per heavy atom. The first-order valence-electron chi connectivity index (χ1n) is 4.45. The molecule has 0 atom stereocenters. The van der Waals surface area contributed by atoms with Gasteiger partial charge < -0.3 is 5.32 Å². The van der Waals surface area contributed by atoms with Crippen LogP contribution < -0.4 is 5.32 Å². The molecule has 0 fully saturated rings. The molecule has 14 heavy (non-hydrogen) atoms. The first kappa shape index (κ1) is 10.5. The van der Waals surface area contributed by atoms with Crippen LogP contribution in [0.5, 0.6) is 0 Å². The molecule has 0 aliphatic carbocycles. The van der Waals surface area contributed by atoms with Crippen LogP contribution in [0.1, 0.15) is 18.2 Å². The Kier molecular flexibility index (Phi) is 3.06. The fourth-order valence-electron chi connectivity index (χ4n) is 1.15. The minimum absolute atomic E-state index is 0.0618. The van der Waals surface area contributed by atoms with E-state index in [1.54, 1.807) is 24.9 Å². The van der Waals surface area contributed by atoms with E-state index in [0.29, 0.717) is 5.57 Å². The third kappa shape index (κ3) is 2.02. The Labute approximate surface area is 83.6 Å². The predicted octanol–water partition coefficient (Wildman–Crippen LogP) is 0.878. The van der Waals surface area contributed by atoms with E-state index in [9.17, 15) is 4.79 Å². The smallest absolute Gasteiger partial charge is 0.246 e. The van der Waals surface area contributed by atoms with Crippen molar-refractivity contribution < 1.29 is 4.79 Å². The van der Waals surface area contributed by atoms with Crippen molar-refractivity contribution >= 4 is 12.0 Å². The van der Waals surface area contributed by atoms with E-state index in [1.165, 1.54) is 0 Å². The average molecular weight is 193 g/mol. The van der Waals surface area contributed by atoms with E-state index in [4.69, 9.17) is 0 Å². The van der Waals surface area contributed by atoms with Crippen LogP contribution in [-0.4, -0.2) is 22.7 Å². The molecule has 1 amide bonds. The van der Waals surface area contributed by atoms with E-state index in [1.807, 2.05) is 20.0 Å². The van der Waals surface area contributed by atoms with E-state index < -0.39 is 0 Å². The maximum Gasteiger partial charge on any atom is 0.246 e. The highest BCUT2D eigenvalue weighted by Gasteiger charge is 2.04. The summed E-state index contributed by atoms with van der Waals surface area (Å²) in [5.74, 6) is -0.0618. The van der Waals surface area contributed by atoms with Gasteiger partial charge in [0.05, 0.1) is 6.20 Å². The zero-order chi connectivity index (χ0) is 10.7. The normalized spacial score (nSPS) is 11.6. The third-order valence-corrected chi connectivity index (χ3v) is 2.23. The summed E-state index contributed by atoms with van der Waals surface area (Å²) in [7, 11) is 3.50. The van der Waals surface area contributed by atoms with Crippen molar-refractivity contribution in [3.8, 4) is 0 Å². The Morgan fingerprint density at radius 2 is 2.29 bits per heavy atom. The summed E-state index contributed by atoms with van der Waals surface area (Å²) in [6, 6.07) is 0. The number of amides is 1. The molecular weight excluding hydrogens is 178 g/mol. The lowest BCUT2D eigenvalue weighted by atomic mass is 10.1. The molecule has 0 bridgehead atoms. The molecular formula is C10H15N3O. The molecule has 0 aliphatic heterocycles. The number of nitrogens with zero attached hydrogens (tertiary/aromatic N) is 2. The predicted molar refractivity (Wildman–Crippen MR) is 55.7 cm³/mol. The fourth-order valence-corrected chi connectivity index (χ4v) is 1.15. The monoisotopic (exact) mass is 193 g/mol. The highest BCUT2D eigenvalue weighted by atomic mass is 16.1. The van der Waals surface area contributed by atoms with Gasteiger partial charge in [-0.25, -0.2) is 0 Å². The van der Waals surface area contributed by atoms with Gasteiger partial charge in [0, 0.05) is 30.9 Å². The first-order valence-corrected chi connectivity index (χ1v) is 4.45. The number of hydrogen-bond donors (Lipinski definition) is 1. The summed E-state index contributed by atoms with van der Waals surface area (Å²) in [5, 5.41) is 6.67. The van der Waals surface area contributed by atoms with Crippen molar-refractivity contribution in [2.45, 2.75) is 13.8 Å². The van der Waals surface area contributed by atoms with Crippen molar-refractivity contribution in [3.05, 3.63) is 23.0 Å². The molecule has 1 rings (SSSR count).